The van der Waals surface area contributed by atoms with Gasteiger partial charge in [-0.15, -0.1) is 0 Å². The van der Waals surface area contributed by atoms with Crippen LogP contribution < -0.4 is 5.32 Å². The van der Waals surface area contributed by atoms with Crippen molar-refractivity contribution in [3.8, 4) is 0 Å². The Morgan fingerprint density at radius 1 is 1.63 bits per heavy atom. The van der Waals surface area contributed by atoms with Crippen LogP contribution in [-0.4, -0.2) is 44.4 Å². The maximum Gasteiger partial charge on any atom is 0.281 e. The Labute approximate surface area is 120 Å². The summed E-state index contributed by atoms with van der Waals surface area (Å²) in [4.78, 5) is 28.8. The molecule has 1 saturated heterocycles. The van der Waals surface area contributed by atoms with E-state index in [9.17, 15) is 9.59 Å². The lowest BCUT2D eigenvalue weighted by molar-refractivity contribution is -0.121. The molecule has 1 aromatic heterocycles. The summed E-state index contributed by atoms with van der Waals surface area (Å²) >= 11 is 7.15. The van der Waals surface area contributed by atoms with Gasteiger partial charge in [0.1, 0.15) is 11.0 Å². The first kappa shape index (κ1) is 14.2. The van der Waals surface area contributed by atoms with Crippen LogP contribution in [0.3, 0.4) is 0 Å². The van der Waals surface area contributed by atoms with Gasteiger partial charge < -0.3 is 14.8 Å². The van der Waals surface area contributed by atoms with Crippen LogP contribution in [0.1, 0.15) is 12.2 Å². The summed E-state index contributed by atoms with van der Waals surface area (Å²) in [5.41, 5.74) is 0. The number of nitrogens with zero attached hydrogens (tertiary/aromatic N) is 3. The highest BCUT2D eigenvalue weighted by Crippen LogP contribution is 2.17. The second-order valence-electron chi connectivity index (χ2n) is 4.18. The highest BCUT2D eigenvalue weighted by atomic mass is 35.5. The van der Waals surface area contributed by atoms with Crippen LogP contribution in [0, 0.1) is 0 Å². The van der Waals surface area contributed by atoms with Crippen LogP contribution >= 0.6 is 23.4 Å². The minimum Gasteiger partial charge on any atom is -0.349 e. The highest BCUT2D eigenvalue weighted by Gasteiger charge is 2.21. The van der Waals surface area contributed by atoms with E-state index in [0.29, 0.717) is 30.5 Å². The van der Waals surface area contributed by atoms with E-state index in [1.54, 1.807) is 22.7 Å². The number of imidazole rings is 1. The van der Waals surface area contributed by atoms with Gasteiger partial charge in [-0.2, -0.15) is 0 Å². The molecule has 6 nitrogen and oxygen atoms in total. The van der Waals surface area contributed by atoms with Crippen molar-refractivity contribution in [2.75, 3.05) is 18.8 Å². The SMILES string of the molecule is Cn1c(Cl)cnc1CNC(=O)CCN1CCSC1=O. The molecule has 1 aliphatic rings. The van der Waals surface area contributed by atoms with E-state index in [4.69, 9.17) is 11.6 Å². The quantitative estimate of drug-likeness (QED) is 0.889. The molecule has 2 rings (SSSR count). The molecule has 0 aliphatic carbocycles. The van der Waals surface area contributed by atoms with Crippen molar-refractivity contribution in [2.45, 2.75) is 13.0 Å². The van der Waals surface area contributed by atoms with Gasteiger partial charge in [-0.3, -0.25) is 9.59 Å². The van der Waals surface area contributed by atoms with E-state index in [2.05, 4.69) is 10.3 Å². The molecule has 0 spiro atoms. The normalized spacial score (nSPS) is 15.1. The van der Waals surface area contributed by atoms with Crippen LogP contribution in [-0.2, 0) is 18.4 Å². The molecule has 0 bridgehead atoms. The molecule has 2 heterocycles. The number of aromatic nitrogens is 2. The molecule has 1 fully saturated rings. The minimum absolute atomic E-state index is 0.0590. The van der Waals surface area contributed by atoms with E-state index in [1.807, 2.05) is 0 Å². The van der Waals surface area contributed by atoms with Gasteiger partial charge in [0, 0.05) is 32.3 Å². The Bertz CT molecular complexity index is 491. The van der Waals surface area contributed by atoms with Crippen LogP contribution in [0.2, 0.25) is 5.15 Å². The molecule has 0 aromatic carbocycles. The van der Waals surface area contributed by atoms with Crippen molar-refractivity contribution in [1.29, 1.82) is 0 Å². The van der Waals surface area contributed by atoms with Gasteiger partial charge in [0.15, 0.2) is 0 Å². The van der Waals surface area contributed by atoms with Gasteiger partial charge in [-0.1, -0.05) is 23.4 Å². The summed E-state index contributed by atoms with van der Waals surface area (Å²) in [6.07, 6.45) is 1.85. The van der Waals surface area contributed by atoms with E-state index in [0.717, 1.165) is 12.3 Å². The molecule has 1 aliphatic heterocycles. The van der Waals surface area contributed by atoms with Gasteiger partial charge in [0.05, 0.1) is 12.7 Å². The number of hydrogen-bond donors (Lipinski definition) is 1. The number of hydrogen-bond acceptors (Lipinski definition) is 4. The Balaban J connectivity index is 1.73. The van der Waals surface area contributed by atoms with Crippen LogP contribution in [0.4, 0.5) is 4.79 Å². The molecule has 0 atom stereocenters. The van der Waals surface area contributed by atoms with Gasteiger partial charge in [0.25, 0.3) is 5.24 Å². The number of carbonyl (C=O) groups is 2. The second-order valence-corrected chi connectivity index (χ2v) is 5.62. The lowest BCUT2D eigenvalue weighted by atomic mass is 10.3. The second kappa shape index (κ2) is 6.29. The third-order valence-corrected chi connectivity index (χ3v) is 4.17. The molecule has 1 aromatic rings. The lowest BCUT2D eigenvalue weighted by Crippen LogP contribution is -2.31. The molecular formula is C11H15ClN4O2S. The van der Waals surface area contributed by atoms with Crippen molar-refractivity contribution in [2.24, 2.45) is 7.05 Å². The molecule has 0 saturated carbocycles. The first-order chi connectivity index (χ1) is 9.08. The zero-order chi connectivity index (χ0) is 13.8. The average Bonchev–Trinajstić information content (AvgIpc) is 2.93. The van der Waals surface area contributed by atoms with Crippen molar-refractivity contribution < 1.29 is 9.59 Å². The monoisotopic (exact) mass is 302 g/mol. The van der Waals surface area contributed by atoms with E-state index in [1.165, 1.54) is 11.8 Å². The Morgan fingerprint density at radius 3 is 3.00 bits per heavy atom. The summed E-state index contributed by atoms with van der Waals surface area (Å²) in [5, 5.41) is 3.36. The minimum atomic E-state index is -0.0937. The smallest absolute Gasteiger partial charge is 0.281 e. The topological polar surface area (TPSA) is 67.2 Å². The summed E-state index contributed by atoms with van der Waals surface area (Å²) in [6, 6.07) is 0. The molecule has 104 valence electrons. The maximum absolute atomic E-state index is 11.7. The standard InChI is InChI=1S/C11H15ClN4O2S/c1-15-8(12)6-13-9(15)7-14-10(17)2-3-16-4-5-19-11(16)18/h6H,2-5,7H2,1H3,(H,14,17). The van der Waals surface area contributed by atoms with Crippen molar-refractivity contribution in [3.05, 3.63) is 17.2 Å². The molecule has 0 radical (unpaired) electrons. The molecule has 1 N–H and O–H groups in total. The van der Waals surface area contributed by atoms with E-state index in [-0.39, 0.29) is 11.1 Å². The average molecular weight is 303 g/mol. The van der Waals surface area contributed by atoms with Gasteiger partial charge in [0.2, 0.25) is 5.91 Å². The summed E-state index contributed by atoms with van der Waals surface area (Å²) < 4.78 is 1.71. The zero-order valence-electron chi connectivity index (χ0n) is 10.6. The predicted octanol–water partition coefficient (Wildman–Crippen LogP) is 1.25. The molecule has 2 amide bonds. The Hall–Kier alpha value is -1.21. The van der Waals surface area contributed by atoms with Crippen molar-refractivity contribution >= 4 is 34.5 Å². The van der Waals surface area contributed by atoms with Gasteiger partial charge in [-0.05, 0) is 0 Å². The Kier molecular flexibility index (Phi) is 4.71. The van der Waals surface area contributed by atoms with Gasteiger partial charge in [-0.25, -0.2) is 4.98 Å². The third-order valence-electron chi connectivity index (χ3n) is 2.93. The fourth-order valence-electron chi connectivity index (χ4n) is 1.72. The number of rotatable bonds is 5. The van der Waals surface area contributed by atoms with Crippen LogP contribution in [0.15, 0.2) is 6.20 Å². The van der Waals surface area contributed by atoms with E-state index < -0.39 is 0 Å². The molecule has 19 heavy (non-hydrogen) atoms. The summed E-state index contributed by atoms with van der Waals surface area (Å²) in [5.74, 6) is 1.42. The maximum atomic E-state index is 11.7. The largest absolute Gasteiger partial charge is 0.349 e. The summed E-state index contributed by atoms with van der Waals surface area (Å²) in [6.45, 7) is 1.54. The van der Waals surface area contributed by atoms with Gasteiger partial charge >= 0.3 is 0 Å². The molecular weight excluding hydrogens is 288 g/mol. The number of thioether (sulfide) groups is 1. The van der Waals surface area contributed by atoms with Crippen LogP contribution in [0.25, 0.3) is 0 Å². The van der Waals surface area contributed by atoms with Crippen molar-refractivity contribution in [3.63, 3.8) is 0 Å². The number of halogens is 1. The number of amides is 2. The van der Waals surface area contributed by atoms with E-state index >= 15 is 0 Å². The lowest BCUT2D eigenvalue weighted by Gasteiger charge is -2.13. The molecule has 8 heteroatoms. The number of nitrogens with one attached hydrogen (secondary N) is 1. The zero-order valence-corrected chi connectivity index (χ0v) is 12.1. The molecule has 0 unspecified atom stereocenters. The third kappa shape index (κ3) is 3.63. The first-order valence-electron chi connectivity index (χ1n) is 5.92. The van der Waals surface area contributed by atoms with Crippen molar-refractivity contribution in [1.82, 2.24) is 19.8 Å². The Morgan fingerprint density at radius 2 is 2.42 bits per heavy atom. The fraction of sp³-hybridized carbons (Fsp3) is 0.545. The number of carbonyl (C=O) groups excluding carboxylic acids is 2. The predicted molar refractivity (Wildman–Crippen MR) is 74.1 cm³/mol. The first-order valence-corrected chi connectivity index (χ1v) is 7.29. The van der Waals surface area contributed by atoms with Crippen LogP contribution in [0.5, 0.6) is 0 Å². The fourth-order valence-corrected chi connectivity index (χ4v) is 2.72. The summed E-state index contributed by atoms with van der Waals surface area (Å²) in [7, 11) is 1.79. The highest BCUT2D eigenvalue weighted by molar-refractivity contribution is 8.13.